The van der Waals surface area contributed by atoms with Crippen LogP contribution in [-0.4, -0.2) is 66.4 Å². The highest BCUT2D eigenvalue weighted by atomic mass is 32.2. The molecule has 0 radical (unpaired) electrons. The van der Waals surface area contributed by atoms with Crippen molar-refractivity contribution in [2.45, 2.75) is 31.5 Å². The van der Waals surface area contributed by atoms with Crippen LogP contribution in [-0.2, 0) is 9.53 Å². The van der Waals surface area contributed by atoms with Gasteiger partial charge in [-0.15, -0.1) is 0 Å². The van der Waals surface area contributed by atoms with Crippen molar-refractivity contribution < 1.29 is 14.6 Å². The Hall–Kier alpha value is -0.300. The molecule has 2 rings (SSSR count). The van der Waals surface area contributed by atoms with Crippen LogP contribution in [0.5, 0.6) is 0 Å². The fourth-order valence-electron chi connectivity index (χ4n) is 3.21. The van der Waals surface area contributed by atoms with Crippen LogP contribution in [0.1, 0.15) is 19.3 Å². The lowest BCUT2D eigenvalue weighted by Crippen LogP contribution is -2.63. The number of hydrogen-bond acceptors (Lipinski definition) is 5. The first-order valence-corrected chi connectivity index (χ1v) is 8.30. The summed E-state index contributed by atoms with van der Waals surface area (Å²) in [6.45, 7) is 2.53. The highest BCUT2D eigenvalue weighted by Gasteiger charge is 2.56. The molecule has 0 unspecified atom stereocenters. The third-order valence-electron chi connectivity index (χ3n) is 4.49. The van der Waals surface area contributed by atoms with E-state index in [1.54, 1.807) is 11.8 Å². The molecule has 5 nitrogen and oxygen atoms in total. The summed E-state index contributed by atoms with van der Waals surface area (Å²) in [6, 6.07) is 0. The molecule has 0 aromatic carbocycles. The zero-order valence-electron chi connectivity index (χ0n) is 11.5. The first-order valence-electron chi connectivity index (χ1n) is 6.90. The summed E-state index contributed by atoms with van der Waals surface area (Å²) < 4.78 is 5.74. The Morgan fingerprint density at radius 2 is 2.21 bits per heavy atom. The lowest BCUT2D eigenvalue weighted by Gasteiger charge is -2.56. The van der Waals surface area contributed by atoms with Crippen molar-refractivity contribution in [1.82, 2.24) is 4.90 Å². The minimum absolute atomic E-state index is 0.115. The number of nitrogens with zero attached hydrogens (tertiary/aromatic N) is 1. The van der Waals surface area contributed by atoms with E-state index in [1.807, 2.05) is 11.2 Å². The number of thioether (sulfide) groups is 1. The van der Waals surface area contributed by atoms with Crippen molar-refractivity contribution in [3.05, 3.63) is 0 Å². The second-order valence-electron chi connectivity index (χ2n) is 5.45. The molecule has 0 bridgehead atoms. The molecule has 2 aliphatic rings. The average molecular weight is 288 g/mol. The Morgan fingerprint density at radius 1 is 1.53 bits per heavy atom. The molecule has 1 spiro atoms. The van der Waals surface area contributed by atoms with Gasteiger partial charge in [0.05, 0.1) is 24.6 Å². The van der Waals surface area contributed by atoms with Crippen molar-refractivity contribution in [3.63, 3.8) is 0 Å². The maximum atomic E-state index is 11.8. The Balaban J connectivity index is 1.88. The number of aliphatic hydroxyl groups is 1. The van der Waals surface area contributed by atoms with Crippen LogP contribution in [0.15, 0.2) is 0 Å². The van der Waals surface area contributed by atoms with Gasteiger partial charge in [-0.05, 0) is 19.1 Å². The topological polar surface area (TPSA) is 75.8 Å². The van der Waals surface area contributed by atoms with Gasteiger partial charge in [-0.1, -0.05) is 0 Å². The van der Waals surface area contributed by atoms with Crippen LogP contribution in [0.25, 0.3) is 0 Å². The Kier molecular flexibility index (Phi) is 5.11. The Morgan fingerprint density at radius 3 is 2.74 bits per heavy atom. The zero-order chi connectivity index (χ0) is 13.9. The molecule has 2 fully saturated rings. The van der Waals surface area contributed by atoms with Gasteiger partial charge < -0.3 is 20.5 Å². The summed E-state index contributed by atoms with van der Waals surface area (Å²) in [5.74, 6) is 0.749. The Bertz CT molecular complexity index is 319. The smallest absolute Gasteiger partial charge is 0.232 e. The Labute approximate surface area is 118 Å². The van der Waals surface area contributed by atoms with E-state index in [0.717, 1.165) is 25.9 Å². The fraction of sp³-hybridized carbons (Fsp3) is 0.923. The van der Waals surface area contributed by atoms with Crippen molar-refractivity contribution in [2.24, 2.45) is 11.1 Å². The molecule has 1 saturated carbocycles. The second kappa shape index (κ2) is 6.43. The van der Waals surface area contributed by atoms with E-state index in [-0.39, 0.29) is 23.5 Å². The summed E-state index contributed by atoms with van der Waals surface area (Å²) in [6.07, 6.45) is 4.15. The molecule has 0 aromatic rings. The molecule has 1 saturated heterocycles. The first kappa shape index (κ1) is 15.1. The number of aliphatic hydroxyl groups excluding tert-OH is 1. The van der Waals surface area contributed by atoms with E-state index in [9.17, 15) is 9.90 Å². The molecule has 1 aliphatic carbocycles. The van der Waals surface area contributed by atoms with E-state index >= 15 is 0 Å². The number of piperidine rings is 1. The molecule has 1 heterocycles. The van der Waals surface area contributed by atoms with Crippen molar-refractivity contribution in [3.8, 4) is 0 Å². The highest BCUT2D eigenvalue weighted by molar-refractivity contribution is 7.99. The predicted molar refractivity (Wildman–Crippen MR) is 76.0 cm³/mol. The number of carbonyl (C=O) groups is 1. The summed E-state index contributed by atoms with van der Waals surface area (Å²) >= 11 is 1.56. The van der Waals surface area contributed by atoms with Gasteiger partial charge in [0, 0.05) is 31.5 Å². The van der Waals surface area contributed by atoms with Gasteiger partial charge in [-0.2, -0.15) is 11.8 Å². The molecular weight excluding hydrogens is 264 g/mol. The molecule has 3 N–H and O–H groups in total. The van der Waals surface area contributed by atoms with Crippen LogP contribution in [0.4, 0.5) is 0 Å². The number of carbonyl (C=O) groups excluding carboxylic acids is 1. The molecule has 2 atom stereocenters. The van der Waals surface area contributed by atoms with Gasteiger partial charge in [0.25, 0.3) is 0 Å². The second-order valence-corrected chi connectivity index (χ2v) is 6.31. The predicted octanol–water partition coefficient (Wildman–Crippen LogP) is 0.0667. The molecular formula is C13H24N2O3S. The third kappa shape index (κ3) is 2.91. The van der Waals surface area contributed by atoms with E-state index in [2.05, 4.69) is 0 Å². The van der Waals surface area contributed by atoms with Crippen LogP contribution in [0.2, 0.25) is 0 Å². The summed E-state index contributed by atoms with van der Waals surface area (Å²) in [4.78, 5) is 13.8. The lowest BCUT2D eigenvalue weighted by molar-refractivity contribution is -0.210. The van der Waals surface area contributed by atoms with Gasteiger partial charge in [0.2, 0.25) is 5.91 Å². The standard InChI is InChI=1S/C13H24N2O3S/c1-19-9-12(17)15-5-2-13(3-6-15)10(16)8-11(13)18-7-4-14/h10-11,16H,2-9,14H2,1H3/t10-,11+/m1/s1. The molecule has 110 valence electrons. The summed E-state index contributed by atoms with van der Waals surface area (Å²) in [5.41, 5.74) is 5.33. The highest BCUT2D eigenvalue weighted by Crippen LogP contribution is 2.50. The van der Waals surface area contributed by atoms with Gasteiger partial charge >= 0.3 is 0 Å². The van der Waals surface area contributed by atoms with Gasteiger partial charge in [-0.3, -0.25) is 4.79 Å². The van der Waals surface area contributed by atoms with Gasteiger partial charge in [0.15, 0.2) is 0 Å². The van der Waals surface area contributed by atoms with E-state index in [0.29, 0.717) is 25.3 Å². The minimum Gasteiger partial charge on any atom is -0.392 e. The van der Waals surface area contributed by atoms with Crippen molar-refractivity contribution in [1.29, 1.82) is 0 Å². The zero-order valence-corrected chi connectivity index (χ0v) is 12.3. The number of rotatable bonds is 5. The van der Waals surface area contributed by atoms with Crippen molar-refractivity contribution >= 4 is 17.7 Å². The largest absolute Gasteiger partial charge is 0.392 e. The molecule has 1 aliphatic heterocycles. The van der Waals surface area contributed by atoms with E-state index in [1.165, 1.54) is 0 Å². The number of hydrogen-bond donors (Lipinski definition) is 2. The van der Waals surface area contributed by atoms with Crippen molar-refractivity contribution in [2.75, 3.05) is 38.2 Å². The first-order chi connectivity index (χ1) is 9.14. The number of ether oxygens (including phenoxy) is 1. The normalized spacial score (nSPS) is 29.3. The molecule has 0 aromatic heterocycles. The van der Waals surface area contributed by atoms with Gasteiger partial charge in [-0.25, -0.2) is 0 Å². The minimum atomic E-state index is -0.284. The number of likely N-dealkylation sites (tertiary alicyclic amines) is 1. The summed E-state index contributed by atoms with van der Waals surface area (Å²) in [5, 5.41) is 10.1. The lowest BCUT2D eigenvalue weighted by atomic mass is 9.58. The van der Waals surface area contributed by atoms with E-state index < -0.39 is 0 Å². The third-order valence-corrected chi connectivity index (χ3v) is 5.03. The SMILES string of the molecule is CSCC(=O)N1CCC2(CC1)[C@H](O)C[C@@H]2OCCN. The van der Waals surface area contributed by atoms with Crippen LogP contribution >= 0.6 is 11.8 Å². The monoisotopic (exact) mass is 288 g/mol. The molecule has 1 amide bonds. The van der Waals surface area contributed by atoms with Crippen LogP contribution in [0, 0.1) is 5.41 Å². The quantitative estimate of drug-likeness (QED) is 0.748. The van der Waals surface area contributed by atoms with Crippen LogP contribution < -0.4 is 5.73 Å². The van der Waals surface area contributed by atoms with E-state index in [4.69, 9.17) is 10.5 Å². The van der Waals surface area contributed by atoms with Gasteiger partial charge in [0.1, 0.15) is 0 Å². The summed E-state index contributed by atoms with van der Waals surface area (Å²) in [7, 11) is 0. The molecule has 6 heteroatoms. The number of nitrogens with two attached hydrogens (primary N) is 1. The maximum absolute atomic E-state index is 11.8. The maximum Gasteiger partial charge on any atom is 0.232 e. The number of amides is 1. The van der Waals surface area contributed by atoms with Crippen LogP contribution in [0.3, 0.4) is 0 Å². The average Bonchev–Trinajstić information content (AvgIpc) is 2.43. The fourth-order valence-corrected chi connectivity index (χ4v) is 3.64. The molecule has 19 heavy (non-hydrogen) atoms.